The Bertz CT molecular complexity index is 154. The highest BCUT2D eigenvalue weighted by Crippen LogP contribution is 2.22. The van der Waals surface area contributed by atoms with Gasteiger partial charge in [0.25, 0.3) is 0 Å². The topological polar surface area (TPSA) is 64.7 Å². The van der Waals surface area contributed by atoms with Gasteiger partial charge in [0, 0.05) is 6.42 Å². The van der Waals surface area contributed by atoms with Gasteiger partial charge in [0.1, 0.15) is 0 Å². The molecule has 0 aromatic carbocycles. The van der Waals surface area contributed by atoms with Crippen LogP contribution in [0.1, 0.15) is 32.6 Å². The van der Waals surface area contributed by atoms with Crippen LogP contribution in [0.4, 0.5) is 0 Å². The molecule has 1 unspecified atom stereocenters. The van der Waals surface area contributed by atoms with E-state index in [1.165, 1.54) is 0 Å². The SMILES string of the molecule is CC[C@@H]1C[C@H](O)CC(OCCCN)O1. The molecular formula is C10H21NO3. The highest BCUT2D eigenvalue weighted by molar-refractivity contribution is 4.72. The minimum atomic E-state index is -0.281. The predicted octanol–water partition coefficient (Wildman–Crippen LogP) is 0.628. The Morgan fingerprint density at radius 3 is 2.93 bits per heavy atom. The maximum atomic E-state index is 9.55. The van der Waals surface area contributed by atoms with Crippen LogP contribution in [-0.2, 0) is 9.47 Å². The van der Waals surface area contributed by atoms with Gasteiger partial charge in [-0.1, -0.05) is 6.92 Å². The van der Waals surface area contributed by atoms with E-state index in [1.54, 1.807) is 0 Å². The van der Waals surface area contributed by atoms with Crippen molar-refractivity contribution in [2.24, 2.45) is 5.73 Å². The molecule has 1 saturated heterocycles. The molecule has 0 aromatic heterocycles. The van der Waals surface area contributed by atoms with E-state index in [0.29, 0.717) is 19.6 Å². The fourth-order valence-corrected chi connectivity index (χ4v) is 1.62. The van der Waals surface area contributed by atoms with Crippen molar-refractivity contribution in [3.63, 3.8) is 0 Å². The van der Waals surface area contributed by atoms with Crippen LogP contribution in [0.25, 0.3) is 0 Å². The third-order valence-electron chi connectivity index (χ3n) is 2.45. The zero-order valence-electron chi connectivity index (χ0n) is 8.82. The minimum Gasteiger partial charge on any atom is -0.393 e. The number of aliphatic hydroxyl groups excluding tert-OH is 1. The smallest absolute Gasteiger partial charge is 0.160 e. The van der Waals surface area contributed by atoms with Crippen molar-refractivity contribution in [3.8, 4) is 0 Å². The molecule has 4 heteroatoms. The zero-order chi connectivity index (χ0) is 10.4. The van der Waals surface area contributed by atoms with Crippen molar-refractivity contribution in [1.29, 1.82) is 0 Å². The number of hydrogen-bond donors (Lipinski definition) is 2. The molecule has 0 spiro atoms. The molecule has 84 valence electrons. The molecule has 3 atom stereocenters. The highest BCUT2D eigenvalue weighted by Gasteiger charge is 2.27. The summed E-state index contributed by atoms with van der Waals surface area (Å²) in [5.74, 6) is 0. The summed E-state index contributed by atoms with van der Waals surface area (Å²) in [4.78, 5) is 0. The molecular weight excluding hydrogens is 182 g/mol. The van der Waals surface area contributed by atoms with Gasteiger partial charge in [-0.2, -0.15) is 0 Å². The molecule has 1 heterocycles. The van der Waals surface area contributed by atoms with Crippen LogP contribution in [0.2, 0.25) is 0 Å². The Hall–Kier alpha value is -0.160. The van der Waals surface area contributed by atoms with E-state index in [9.17, 15) is 5.11 Å². The second-order valence-electron chi connectivity index (χ2n) is 3.73. The summed E-state index contributed by atoms with van der Waals surface area (Å²) in [6, 6.07) is 0. The van der Waals surface area contributed by atoms with Crippen LogP contribution in [0, 0.1) is 0 Å². The van der Waals surface area contributed by atoms with E-state index >= 15 is 0 Å². The molecule has 1 aliphatic rings. The van der Waals surface area contributed by atoms with E-state index in [-0.39, 0.29) is 18.5 Å². The summed E-state index contributed by atoms with van der Waals surface area (Å²) in [6.45, 7) is 3.30. The Morgan fingerprint density at radius 1 is 1.50 bits per heavy atom. The summed E-state index contributed by atoms with van der Waals surface area (Å²) in [5.41, 5.74) is 5.35. The van der Waals surface area contributed by atoms with E-state index in [2.05, 4.69) is 6.92 Å². The first kappa shape index (κ1) is 11.9. The van der Waals surface area contributed by atoms with Crippen molar-refractivity contribution in [2.45, 2.75) is 51.1 Å². The Balaban J connectivity index is 2.23. The standard InChI is InChI=1S/C10H21NO3/c1-2-9-6-8(12)7-10(14-9)13-5-3-4-11/h8-10,12H,2-7,11H2,1H3/t8-,9+,10?/m0/s1. The van der Waals surface area contributed by atoms with Gasteiger partial charge >= 0.3 is 0 Å². The Labute approximate surface area is 85.4 Å². The van der Waals surface area contributed by atoms with Crippen molar-refractivity contribution >= 4 is 0 Å². The maximum absolute atomic E-state index is 9.55. The van der Waals surface area contributed by atoms with Gasteiger partial charge in [0.05, 0.1) is 18.8 Å². The van der Waals surface area contributed by atoms with Crippen LogP contribution in [-0.4, -0.2) is 36.8 Å². The molecule has 0 aromatic rings. The summed E-state index contributed by atoms with van der Waals surface area (Å²) >= 11 is 0. The van der Waals surface area contributed by atoms with Gasteiger partial charge in [0.2, 0.25) is 0 Å². The number of nitrogens with two attached hydrogens (primary N) is 1. The molecule has 14 heavy (non-hydrogen) atoms. The summed E-state index contributed by atoms with van der Waals surface area (Å²) in [7, 11) is 0. The van der Waals surface area contributed by atoms with Gasteiger partial charge in [-0.15, -0.1) is 0 Å². The second kappa shape index (κ2) is 6.35. The molecule has 1 rings (SSSR count). The average molecular weight is 203 g/mol. The molecule has 0 bridgehead atoms. The fourth-order valence-electron chi connectivity index (χ4n) is 1.62. The Morgan fingerprint density at radius 2 is 2.29 bits per heavy atom. The first-order valence-corrected chi connectivity index (χ1v) is 5.41. The molecule has 0 saturated carbocycles. The van der Waals surface area contributed by atoms with Gasteiger partial charge in [0.15, 0.2) is 6.29 Å². The van der Waals surface area contributed by atoms with Crippen LogP contribution in [0.5, 0.6) is 0 Å². The number of ether oxygens (including phenoxy) is 2. The van der Waals surface area contributed by atoms with E-state index in [1.807, 2.05) is 0 Å². The van der Waals surface area contributed by atoms with Gasteiger partial charge in [-0.25, -0.2) is 0 Å². The van der Waals surface area contributed by atoms with Gasteiger partial charge in [-0.05, 0) is 25.8 Å². The first-order valence-electron chi connectivity index (χ1n) is 5.41. The largest absolute Gasteiger partial charge is 0.393 e. The second-order valence-corrected chi connectivity index (χ2v) is 3.73. The lowest BCUT2D eigenvalue weighted by atomic mass is 10.0. The third-order valence-corrected chi connectivity index (χ3v) is 2.45. The number of rotatable bonds is 5. The fraction of sp³-hybridized carbons (Fsp3) is 1.00. The van der Waals surface area contributed by atoms with Crippen LogP contribution in [0.15, 0.2) is 0 Å². The van der Waals surface area contributed by atoms with E-state index in [0.717, 1.165) is 19.3 Å². The van der Waals surface area contributed by atoms with Crippen molar-refractivity contribution in [2.75, 3.05) is 13.2 Å². The monoisotopic (exact) mass is 203 g/mol. The number of aliphatic hydroxyl groups is 1. The van der Waals surface area contributed by atoms with Crippen molar-refractivity contribution < 1.29 is 14.6 Å². The summed E-state index contributed by atoms with van der Waals surface area (Å²) in [5, 5.41) is 9.55. The van der Waals surface area contributed by atoms with Crippen molar-refractivity contribution in [1.82, 2.24) is 0 Å². The van der Waals surface area contributed by atoms with Crippen LogP contribution >= 0.6 is 0 Å². The maximum Gasteiger partial charge on any atom is 0.160 e. The third kappa shape index (κ3) is 3.92. The van der Waals surface area contributed by atoms with Crippen LogP contribution < -0.4 is 5.73 Å². The molecule has 0 amide bonds. The summed E-state index contributed by atoms with van der Waals surface area (Å²) in [6.07, 6.45) is 2.70. The lowest BCUT2D eigenvalue weighted by molar-refractivity contribution is -0.215. The average Bonchev–Trinajstić information content (AvgIpc) is 2.17. The van der Waals surface area contributed by atoms with E-state index in [4.69, 9.17) is 15.2 Å². The molecule has 4 nitrogen and oxygen atoms in total. The lowest BCUT2D eigenvalue weighted by Gasteiger charge is -2.32. The predicted molar refractivity (Wildman–Crippen MR) is 53.8 cm³/mol. The van der Waals surface area contributed by atoms with Gasteiger partial charge < -0.3 is 20.3 Å². The number of hydrogen-bond acceptors (Lipinski definition) is 4. The van der Waals surface area contributed by atoms with E-state index < -0.39 is 0 Å². The molecule has 3 N–H and O–H groups in total. The quantitative estimate of drug-likeness (QED) is 0.643. The molecule has 1 aliphatic heterocycles. The molecule has 1 fully saturated rings. The van der Waals surface area contributed by atoms with Gasteiger partial charge in [-0.3, -0.25) is 0 Å². The summed E-state index contributed by atoms with van der Waals surface area (Å²) < 4.78 is 11.1. The molecule has 0 aliphatic carbocycles. The Kier molecular flexibility index (Phi) is 5.40. The van der Waals surface area contributed by atoms with Crippen molar-refractivity contribution in [3.05, 3.63) is 0 Å². The van der Waals surface area contributed by atoms with Crippen LogP contribution in [0.3, 0.4) is 0 Å². The minimum absolute atomic E-state index is 0.140. The first-order chi connectivity index (χ1) is 6.76. The highest BCUT2D eigenvalue weighted by atomic mass is 16.7. The molecule has 0 radical (unpaired) electrons. The lowest BCUT2D eigenvalue weighted by Crippen LogP contribution is -2.37. The zero-order valence-corrected chi connectivity index (χ0v) is 8.82. The normalized spacial score (nSPS) is 33.2.